The average molecular weight is 497 g/mol. The molecule has 1 atom stereocenters. The summed E-state index contributed by atoms with van der Waals surface area (Å²) in [4.78, 5) is 33.3. The van der Waals surface area contributed by atoms with E-state index in [1.165, 1.54) is 31.8 Å². The first-order valence-corrected chi connectivity index (χ1v) is 10.8. The van der Waals surface area contributed by atoms with Crippen molar-refractivity contribution in [2.75, 3.05) is 12.4 Å². The maximum Gasteiger partial charge on any atom is 0.416 e. The molecule has 0 spiro atoms. The highest BCUT2D eigenvalue weighted by Gasteiger charge is 2.31. The number of hydrogen-bond acceptors (Lipinski definition) is 6. The number of hydrogen-bond donors (Lipinski definition) is 2. The summed E-state index contributed by atoms with van der Waals surface area (Å²) < 4.78 is 45.9. The van der Waals surface area contributed by atoms with Crippen molar-refractivity contribution in [2.24, 2.45) is 7.05 Å². The number of ether oxygens (including phenoxy) is 1. The van der Waals surface area contributed by atoms with Gasteiger partial charge in [0.25, 0.3) is 5.91 Å². The summed E-state index contributed by atoms with van der Waals surface area (Å²) in [5, 5.41) is 6.32. The molecule has 2 aromatic heterocycles. The van der Waals surface area contributed by atoms with Gasteiger partial charge >= 0.3 is 12.1 Å². The van der Waals surface area contributed by atoms with Crippen molar-refractivity contribution in [1.29, 1.82) is 0 Å². The van der Waals surface area contributed by atoms with Gasteiger partial charge < -0.3 is 19.9 Å². The lowest BCUT2D eigenvalue weighted by Gasteiger charge is -2.17. The predicted molar refractivity (Wildman–Crippen MR) is 127 cm³/mol. The number of halogens is 3. The Balaban J connectivity index is 1.67. The number of rotatable bonds is 6. The molecule has 4 aromatic rings. The van der Waals surface area contributed by atoms with E-state index < -0.39 is 29.7 Å². The number of anilines is 2. The van der Waals surface area contributed by atoms with Crippen molar-refractivity contribution in [3.63, 3.8) is 0 Å². The Morgan fingerprint density at radius 2 is 1.83 bits per heavy atom. The molecule has 0 saturated heterocycles. The number of nitrogens with zero attached hydrogens (tertiary/aromatic N) is 3. The van der Waals surface area contributed by atoms with Gasteiger partial charge in [0.15, 0.2) is 0 Å². The van der Waals surface area contributed by atoms with E-state index in [0.29, 0.717) is 16.6 Å². The molecule has 0 aliphatic carbocycles. The van der Waals surface area contributed by atoms with Gasteiger partial charge in [-0.3, -0.25) is 4.79 Å². The van der Waals surface area contributed by atoms with E-state index in [2.05, 4.69) is 20.6 Å². The van der Waals surface area contributed by atoms with Crippen molar-refractivity contribution >= 4 is 34.3 Å². The zero-order chi connectivity index (χ0) is 26.0. The first kappa shape index (κ1) is 24.7. The smallest absolute Gasteiger partial charge is 0.416 e. The first-order valence-electron chi connectivity index (χ1n) is 10.8. The normalized spacial score (nSPS) is 12.3. The SMILES string of the molecule is COC(=O)c1ccc(C(C)NC(=O)c2c(Nc3cccc(C(F)(F)F)c3)c3cncnc3n2C)cc1. The second kappa shape index (κ2) is 9.68. The number of carbonyl (C=O) groups excluding carboxylic acids is 2. The average Bonchev–Trinajstić information content (AvgIpc) is 3.14. The molecule has 11 heteroatoms. The van der Waals surface area contributed by atoms with Gasteiger partial charge in [-0.15, -0.1) is 0 Å². The Morgan fingerprint density at radius 1 is 1.11 bits per heavy atom. The van der Waals surface area contributed by atoms with Crippen LogP contribution in [0.1, 0.15) is 44.9 Å². The van der Waals surface area contributed by atoms with Crippen LogP contribution in [-0.4, -0.2) is 33.5 Å². The van der Waals surface area contributed by atoms with Crippen LogP contribution in [0.3, 0.4) is 0 Å². The zero-order valence-electron chi connectivity index (χ0n) is 19.6. The number of fused-ring (bicyclic) bond motifs is 1. The number of aryl methyl sites for hydroxylation is 1. The van der Waals surface area contributed by atoms with Crippen LogP contribution in [0.15, 0.2) is 61.1 Å². The van der Waals surface area contributed by atoms with Crippen molar-refractivity contribution in [2.45, 2.75) is 19.1 Å². The maximum atomic E-state index is 13.4. The van der Waals surface area contributed by atoms with Gasteiger partial charge in [-0.05, 0) is 42.8 Å². The van der Waals surface area contributed by atoms with Crippen molar-refractivity contribution < 1.29 is 27.5 Å². The molecule has 0 saturated carbocycles. The van der Waals surface area contributed by atoms with Crippen molar-refractivity contribution in [3.05, 3.63) is 83.4 Å². The van der Waals surface area contributed by atoms with E-state index in [9.17, 15) is 22.8 Å². The van der Waals surface area contributed by atoms with Crippen LogP contribution in [0.2, 0.25) is 0 Å². The van der Waals surface area contributed by atoms with Crippen LogP contribution < -0.4 is 10.6 Å². The maximum absolute atomic E-state index is 13.4. The molecule has 0 radical (unpaired) electrons. The molecule has 0 fully saturated rings. The molecule has 4 rings (SSSR count). The fourth-order valence-corrected chi connectivity index (χ4v) is 3.85. The topological polar surface area (TPSA) is 98.1 Å². The molecule has 0 aliphatic rings. The summed E-state index contributed by atoms with van der Waals surface area (Å²) in [5.41, 5.74) is 1.32. The molecular formula is C25H22F3N5O3. The Labute approximate surface area is 204 Å². The Bertz CT molecular complexity index is 1430. The number of methoxy groups -OCH3 is 1. The highest BCUT2D eigenvalue weighted by molar-refractivity contribution is 6.08. The van der Waals surface area contributed by atoms with Gasteiger partial charge in [0.05, 0.1) is 35.4 Å². The lowest BCUT2D eigenvalue weighted by molar-refractivity contribution is -0.137. The molecule has 8 nitrogen and oxygen atoms in total. The number of alkyl halides is 3. The molecule has 1 amide bonds. The second-order valence-electron chi connectivity index (χ2n) is 8.05. The van der Waals surface area contributed by atoms with E-state index >= 15 is 0 Å². The summed E-state index contributed by atoms with van der Waals surface area (Å²) >= 11 is 0. The van der Waals surface area contributed by atoms with Crippen LogP contribution in [0.25, 0.3) is 11.0 Å². The largest absolute Gasteiger partial charge is 0.465 e. The molecule has 186 valence electrons. The van der Waals surface area contributed by atoms with Crippen molar-refractivity contribution in [3.8, 4) is 0 Å². The molecule has 0 aliphatic heterocycles. The van der Waals surface area contributed by atoms with E-state index in [1.54, 1.807) is 42.8 Å². The van der Waals surface area contributed by atoms with E-state index in [0.717, 1.165) is 17.7 Å². The predicted octanol–water partition coefficient (Wildman–Crippen LogP) is 5.01. The molecule has 1 unspecified atom stereocenters. The molecule has 2 heterocycles. The van der Waals surface area contributed by atoms with Gasteiger partial charge in [0, 0.05) is 18.9 Å². The minimum Gasteiger partial charge on any atom is -0.465 e. The summed E-state index contributed by atoms with van der Waals surface area (Å²) in [6.07, 6.45) is -1.70. The first-order chi connectivity index (χ1) is 17.1. The minimum absolute atomic E-state index is 0.154. The van der Waals surface area contributed by atoms with Crippen LogP contribution in [0, 0.1) is 0 Å². The molecule has 2 N–H and O–H groups in total. The Morgan fingerprint density at radius 3 is 2.50 bits per heavy atom. The van der Waals surface area contributed by atoms with E-state index in [4.69, 9.17) is 4.74 Å². The van der Waals surface area contributed by atoms with Crippen LogP contribution in [-0.2, 0) is 18.0 Å². The summed E-state index contributed by atoms with van der Waals surface area (Å²) in [5.74, 6) is -0.949. The Hall–Kier alpha value is -4.41. The van der Waals surface area contributed by atoms with Gasteiger partial charge in [-0.1, -0.05) is 18.2 Å². The molecule has 36 heavy (non-hydrogen) atoms. The molecule has 2 aromatic carbocycles. The van der Waals surface area contributed by atoms with Gasteiger partial charge in [0.1, 0.15) is 17.7 Å². The lowest BCUT2D eigenvalue weighted by atomic mass is 10.1. The monoisotopic (exact) mass is 497 g/mol. The van der Waals surface area contributed by atoms with Crippen LogP contribution in [0.5, 0.6) is 0 Å². The van der Waals surface area contributed by atoms with E-state index in [1.807, 2.05) is 0 Å². The standard InChI is InChI=1S/C25H22F3N5O3/c1-14(15-7-9-16(10-8-15)24(35)36-3)31-23(34)21-20(19-12-29-13-30-22(19)33(21)2)32-18-6-4-5-17(11-18)25(26,27)28/h4-14,32H,1-3H3,(H,31,34). The minimum atomic E-state index is -4.52. The third-order valence-electron chi connectivity index (χ3n) is 5.70. The van der Waals surface area contributed by atoms with Crippen LogP contribution >= 0.6 is 0 Å². The number of amides is 1. The lowest BCUT2D eigenvalue weighted by Crippen LogP contribution is -2.29. The van der Waals surface area contributed by atoms with Crippen molar-refractivity contribution in [1.82, 2.24) is 19.9 Å². The summed E-state index contributed by atoms with van der Waals surface area (Å²) in [6.45, 7) is 1.77. The fraction of sp³-hybridized carbons (Fsp3) is 0.200. The number of benzene rings is 2. The highest BCUT2D eigenvalue weighted by Crippen LogP contribution is 2.35. The quantitative estimate of drug-likeness (QED) is 0.364. The number of carbonyl (C=O) groups is 2. The third-order valence-corrected chi connectivity index (χ3v) is 5.70. The fourth-order valence-electron chi connectivity index (χ4n) is 3.85. The third kappa shape index (κ3) is 4.85. The van der Waals surface area contributed by atoms with Gasteiger partial charge in [-0.2, -0.15) is 13.2 Å². The zero-order valence-corrected chi connectivity index (χ0v) is 19.6. The highest BCUT2D eigenvalue weighted by atomic mass is 19.4. The number of esters is 1. The Kier molecular flexibility index (Phi) is 6.65. The second-order valence-corrected chi connectivity index (χ2v) is 8.05. The summed E-state index contributed by atoms with van der Waals surface area (Å²) in [7, 11) is 2.93. The molecule has 0 bridgehead atoms. The van der Waals surface area contributed by atoms with Gasteiger partial charge in [0.2, 0.25) is 0 Å². The number of aromatic nitrogens is 3. The molecular weight excluding hydrogens is 475 g/mol. The van der Waals surface area contributed by atoms with E-state index in [-0.39, 0.29) is 17.1 Å². The summed E-state index contributed by atoms with van der Waals surface area (Å²) in [6, 6.07) is 10.8. The van der Waals surface area contributed by atoms with Crippen LogP contribution in [0.4, 0.5) is 24.5 Å². The number of nitrogens with one attached hydrogen (secondary N) is 2. The van der Waals surface area contributed by atoms with Gasteiger partial charge in [-0.25, -0.2) is 14.8 Å².